The van der Waals surface area contributed by atoms with Crippen LogP contribution in [-0.2, 0) is 0 Å². The lowest BCUT2D eigenvalue weighted by Gasteiger charge is -2.28. The summed E-state index contributed by atoms with van der Waals surface area (Å²) in [5.74, 6) is 0.868. The molecule has 5 heteroatoms. The third-order valence-corrected chi connectivity index (χ3v) is 3.55. The number of pyridine rings is 1. The summed E-state index contributed by atoms with van der Waals surface area (Å²) in [5.41, 5.74) is 1.44. The highest BCUT2D eigenvalue weighted by Gasteiger charge is 2.14. The highest BCUT2D eigenvalue weighted by Crippen LogP contribution is 2.25. The second kappa shape index (κ2) is 5.04. The molecular weight excluding hydrogens is 260 g/mol. The third-order valence-electron chi connectivity index (χ3n) is 3.32. The second-order valence-corrected chi connectivity index (χ2v) is 4.97. The highest BCUT2D eigenvalue weighted by molar-refractivity contribution is 6.31. The molecule has 1 N–H and O–H groups in total. The normalized spacial score (nSPS) is 15.5. The smallest absolute Gasteiger partial charge is 0.130 e. The van der Waals surface area contributed by atoms with E-state index in [9.17, 15) is 5.26 Å². The fourth-order valence-electron chi connectivity index (χ4n) is 2.33. The van der Waals surface area contributed by atoms with Gasteiger partial charge in [0.15, 0.2) is 0 Å². The predicted molar refractivity (Wildman–Crippen MR) is 76.6 cm³/mol. The van der Waals surface area contributed by atoms with Crippen LogP contribution in [0.15, 0.2) is 24.3 Å². The first-order valence-electron chi connectivity index (χ1n) is 6.24. The Bertz CT molecular complexity index is 656. The molecule has 0 bridgehead atoms. The summed E-state index contributed by atoms with van der Waals surface area (Å²) in [6.07, 6.45) is 0. The van der Waals surface area contributed by atoms with Crippen LogP contribution in [0.3, 0.4) is 0 Å². The summed E-state index contributed by atoms with van der Waals surface area (Å²) in [5, 5.41) is 14.0. The van der Waals surface area contributed by atoms with E-state index in [0.717, 1.165) is 42.9 Å². The van der Waals surface area contributed by atoms with Gasteiger partial charge in [-0.25, -0.2) is 4.98 Å². The molecule has 0 saturated carbocycles. The molecule has 0 atom stereocenters. The minimum atomic E-state index is 0.626. The molecule has 2 aromatic rings. The zero-order valence-corrected chi connectivity index (χ0v) is 11.1. The van der Waals surface area contributed by atoms with Gasteiger partial charge in [0.25, 0.3) is 0 Å². The number of anilines is 1. The van der Waals surface area contributed by atoms with E-state index in [2.05, 4.69) is 21.3 Å². The maximum Gasteiger partial charge on any atom is 0.130 e. The van der Waals surface area contributed by atoms with Crippen LogP contribution in [0.5, 0.6) is 0 Å². The molecule has 4 nitrogen and oxygen atoms in total. The van der Waals surface area contributed by atoms with Crippen molar-refractivity contribution in [3.05, 3.63) is 34.9 Å². The van der Waals surface area contributed by atoms with Crippen LogP contribution in [0.1, 0.15) is 5.56 Å². The lowest BCUT2D eigenvalue weighted by atomic mass is 10.1. The summed E-state index contributed by atoms with van der Waals surface area (Å²) >= 11 is 5.98. The van der Waals surface area contributed by atoms with Gasteiger partial charge < -0.3 is 10.2 Å². The van der Waals surface area contributed by atoms with Gasteiger partial charge in [0.1, 0.15) is 5.82 Å². The van der Waals surface area contributed by atoms with Gasteiger partial charge in [0.2, 0.25) is 0 Å². The molecule has 1 aromatic heterocycles. The summed E-state index contributed by atoms with van der Waals surface area (Å²) < 4.78 is 0. The molecule has 0 radical (unpaired) electrons. The Morgan fingerprint density at radius 1 is 1.26 bits per heavy atom. The zero-order valence-electron chi connectivity index (χ0n) is 10.4. The largest absolute Gasteiger partial charge is 0.354 e. The van der Waals surface area contributed by atoms with E-state index in [1.165, 1.54) is 0 Å². The number of fused-ring (bicyclic) bond motifs is 1. The van der Waals surface area contributed by atoms with Gasteiger partial charge in [-0.15, -0.1) is 0 Å². The van der Waals surface area contributed by atoms with Gasteiger partial charge in [-0.05, 0) is 24.3 Å². The molecule has 3 rings (SSSR count). The molecule has 2 heterocycles. The van der Waals surface area contributed by atoms with Gasteiger partial charge in [0, 0.05) is 36.6 Å². The molecular formula is C14H13ClN4. The highest BCUT2D eigenvalue weighted by atomic mass is 35.5. The third kappa shape index (κ3) is 2.35. The maximum absolute atomic E-state index is 9.30. The van der Waals surface area contributed by atoms with Crippen molar-refractivity contribution in [1.29, 1.82) is 5.26 Å². The maximum atomic E-state index is 9.30. The van der Waals surface area contributed by atoms with Crippen LogP contribution < -0.4 is 10.2 Å². The first kappa shape index (κ1) is 12.2. The van der Waals surface area contributed by atoms with Crippen molar-refractivity contribution >= 4 is 28.3 Å². The second-order valence-electron chi connectivity index (χ2n) is 4.54. The Morgan fingerprint density at radius 2 is 2.05 bits per heavy atom. The molecule has 0 spiro atoms. The topological polar surface area (TPSA) is 52.0 Å². The van der Waals surface area contributed by atoms with E-state index < -0.39 is 0 Å². The number of hydrogen-bond acceptors (Lipinski definition) is 4. The average Bonchev–Trinajstić information content (AvgIpc) is 2.47. The number of benzene rings is 1. The van der Waals surface area contributed by atoms with E-state index in [4.69, 9.17) is 11.6 Å². The predicted octanol–water partition coefficient (Wildman–Crippen LogP) is 2.17. The van der Waals surface area contributed by atoms with E-state index in [1.807, 2.05) is 12.1 Å². The van der Waals surface area contributed by atoms with Crippen LogP contribution in [0.25, 0.3) is 10.9 Å². The lowest BCUT2D eigenvalue weighted by molar-refractivity contribution is 0.585. The first-order valence-corrected chi connectivity index (χ1v) is 6.62. The van der Waals surface area contributed by atoms with Crippen molar-refractivity contribution in [3.8, 4) is 6.07 Å². The van der Waals surface area contributed by atoms with Gasteiger partial charge in [-0.2, -0.15) is 5.26 Å². The number of rotatable bonds is 1. The Kier molecular flexibility index (Phi) is 3.24. The first-order chi connectivity index (χ1) is 9.28. The van der Waals surface area contributed by atoms with Crippen molar-refractivity contribution in [2.24, 2.45) is 0 Å². The SMILES string of the molecule is N#Cc1cc(N2CCNCC2)nc2ccc(Cl)cc12. The molecule has 0 amide bonds. The van der Waals surface area contributed by atoms with Gasteiger partial charge >= 0.3 is 0 Å². The summed E-state index contributed by atoms with van der Waals surface area (Å²) in [4.78, 5) is 6.84. The molecule has 1 fully saturated rings. The average molecular weight is 273 g/mol. The van der Waals surface area contributed by atoms with Crippen molar-refractivity contribution < 1.29 is 0 Å². The van der Waals surface area contributed by atoms with Crippen LogP contribution in [0.2, 0.25) is 5.02 Å². The standard InChI is InChI=1S/C14H13ClN4/c15-11-1-2-13-12(8-11)10(9-16)7-14(18-13)19-5-3-17-4-6-19/h1-2,7-8,17H,3-6H2. The number of hydrogen-bond donors (Lipinski definition) is 1. The lowest BCUT2D eigenvalue weighted by Crippen LogP contribution is -2.43. The van der Waals surface area contributed by atoms with E-state index in [-0.39, 0.29) is 0 Å². The van der Waals surface area contributed by atoms with Crippen LogP contribution in [0.4, 0.5) is 5.82 Å². The zero-order chi connectivity index (χ0) is 13.2. The molecule has 19 heavy (non-hydrogen) atoms. The Labute approximate surface area is 116 Å². The summed E-state index contributed by atoms with van der Waals surface area (Å²) in [6, 6.07) is 9.55. The minimum absolute atomic E-state index is 0.626. The van der Waals surface area contributed by atoms with E-state index in [1.54, 1.807) is 12.1 Å². The van der Waals surface area contributed by atoms with E-state index in [0.29, 0.717) is 10.6 Å². The van der Waals surface area contributed by atoms with Crippen LogP contribution in [0, 0.1) is 11.3 Å². The molecule has 1 aliphatic rings. The minimum Gasteiger partial charge on any atom is -0.354 e. The van der Waals surface area contributed by atoms with Crippen LogP contribution >= 0.6 is 11.6 Å². The number of nitriles is 1. The molecule has 1 saturated heterocycles. The molecule has 1 aliphatic heterocycles. The molecule has 96 valence electrons. The number of nitrogens with one attached hydrogen (secondary N) is 1. The van der Waals surface area contributed by atoms with Crippen molar-refractivity contribution in [2.45, 2.75) is 0 Å². The van der Waals surface area contributed by atoms with Crippen molar-refractivity contribution in [1.82, 2.24) is 10.3 Å². The van der Waals surface area contributed by atoms with Crippen molar-refractivity contribution in [2.75, 3.05) is 31.1 Å². The Morgan fingerprint density at radius 3 is 2.79 bits per heavy atom. The molecule has 0 aliphatic carbocycles. The number of nitrogens with zero attached hydrogens (tertiary/aromatic N) is 3. The fourth-order valence-corrected chi connectivity index (χ4v) is 2.50. The summed E-state index contributed by atoms with van der Waals surface area (Å²) in [6.45, 7) is 3.72. The number of aromatic nitrogens is 1. The van der Waals surface area contributed by atoms with Crippen LogP contribution in [-0.4, -0.2) is 31.2 Å². The van der Waals surface area contributed by atoms with E-state index >= 15 is 0 Å². The quantitative estimate of drug-likeness (QED) is 0.864. The number of halogens is 1. The molecule has 0 unspecified atom stereocenters. The Hall–Kier alpha value is -1.83. The van der Waals surface area contributed by atoms with Crippen molar-refractivity contribution in [3.63, 3.8) is 0 Å². The number of piperazine rings is 1. The Balaban J connectivity index is 2.12. The summed E-state index contributed by atoms with van der Waals surface area (Å²) in [7, 11) is 0. The monoisotopic (exact) mass is 272 g/mol. The molecule has 1 aromatic carbocycles. The van der Waals surface area contributed by atoms with Gasteiger partial charge in [-0.1, -0.05) is 11.6 Å². The fraction of sp³-hybridized carbons (Fsp3) is 0.286. The van der Waals surface area contributed by atoms with Gasteiger partial charge in [0.05, 0.1) is 17.1 Å². The van der Waals surface area contributed by atoms with Gasteiger partial charge in [-0.3, -0.25) is 0 Å².